The molecule has 5 heteroatoms. The molecule has 0 aliphatic carbocycles. The number of rotatable bonds is 4. The Labute approximate surface area is 137 Å². The van der Waals surface area contributed by atoms with Crippen LogP contribution in [0, 0.1) is 5.82 Å². The van der Waals surface area contributed by atoms with Gasteiger partial charge in [-0.05, 0) is 30.3 Å². The standard InChI is InChI=1S/C18H14FNO2S/c1-22-13-6-4-5-12(11-13)20-18(21)17-10-9-16(23-17)14-7-2-3-8-15(14)19/h2-11H,1H3,(H,20,21). The van der Waals surface area contributed by atoms with Gasteiger partial charge < -0.3 is 10.1 Å². The lowest BCUT2D eigenvalue weighted by atomic mass is 10.2. The van der Waals surface area contributed by atoms with Crippen molar-refractivity contribution >= 4 is 22.9 Å². The molecule has 3 aromatic rings. The maximum atomic E-state index is 13.8. The van der Waals surface area contributed by atoms with E-state index in [4.69, 9.17) is 4.74 Å². The van der Waals surface area contributed by atoms with Crippen molar-refractivity contribution in [1.29, 1.82) is 0 Å². The summed E-state index contributed by atoms with van der Waals surface area (Å²) in [4.78, 5) is 13.5. The summed E-state index contributed by atoms with van der Waals surface area (Å²) >= 11 is 1.25. The largest absolute Gasteiger partial charge is 0.497 e. The van der Waals surface area contributed by atoms with Gasteiger partial charge in [0.1, 0.15) is 11.6 Å². The van der Waals surface area contributed by atoms with Gasteiger partial charge in [0.05, 0.1) is 12.0 Å². The summed E-state index contributed by atoms with van der Waals surface area (Å²) in [5.41, 5.74) is 1.15. The second-order valence-corrected chi connectivity index (χ2v) is 5.91. The molecule has 0 aliphatic heterocycles. The summed E-state index contributed by atoms with van der Waals surface area (Å²) in [5, 5.41) is 2.81. The van der Waals surface area contributed by atoms with E-state index in [1.54, 1.807) is 61.7 Å². The number of thiophene rings is 1. The molecule has 0 unspecified atom stereocenters. The van der Waals surface area contributed by atoms with Crippen LogP contribution in [0.2, 0.25) is 0 Å². The van der Waals surface area contributed by atoms with Crippen LogP contribution in [0.25, 0.3) is 10.4 Å². The van der Waals surface area contributed by atoms with E-state index in [1.165, 1.54) is 17.4 Å². The molecule has 0 atom stereocenters. The lowest BCUT2D eigenvalue weighted by Gasteiger charge is -2.05. The Morgan fingerprint density at radius 3 is 2.70 bits per heavy atom. The SMILES string of the molecule is COc1cccc(NC(=O)c2ccc(-c3ccccc3F)s2)c1. The number of nitrogens with one attached hydrogen (secondary N) is 1. The molecule has 23 heavy (non-hydrogen) atoms. The van der Waals surface area contributed by atoms with Crippen molar-refractivity contribution in [3.8, 4) is 16.2 Å². The van der Waals surface area contributed by atoms with Crippen molar-refractivity contribution in [2.24, 2.45) is 0 Å². The summed E-state index contributed by atoms with van der Waals surface area (Å²) in [5.74, 6) is 0.140. The highest BCUT2D eigenvalue weighted by Gasteiger charge is 2.12. The van der Waals surface area contributed by atoms with Crippen molar-refractivity contribution in [3.05, 3.63) is 71.4 Å². The fraction of sp³-hybridized carbons (Fsp3) is 0.0556. The molecule has 1 N–H and O–H groups in total. The zero-order valence-corrected chi connectivity index (χ0v) is 13.2. The maximum absolute atomic E-state index is 13.8. The second-order valence-electron chi connectivity index (χ2n) is 4.83. The Kier molecular flexibility index (Phi) is 4.39. The molecular weight excluding hydrogens is 313 g/mol. The van der Waals surface area contributed by atoms with Gasteiger partial charge in [0, 0.05) is 22.2 Å². The van der Waals surface area contributed by atoms with E-state index in [9.17, 15) is 9.18 Å². The monoisotopic (exact) mass is 327 g/mol. The summed E-state index contributed by atoms with van der Waals surface area (Å²) in [6.07, 6.45) is 0. The number of hydrogen-bond acceptors (Lipinski definition) is 3. The van der Waals surface area contributed by atoms with Gasteiger partial charge in [0.25, 0.3) is 5.91 Å². The second kappa shape index (κ2) is 6.62. The van der Waals surface area contributed by atoms with Crippen LogP contribution in [0.1, 0.15) is 9.67 Å². The normalized spacial score (nSPS) is 10.3. The fourth-order valence-electron chi connectivity index (χ4n) is 2.16. The van der Waals surface area contributed by atoms with Crippen LogP contribution in [0.5, 0.6) is 5.75 Å². The van der Waals surface area contributed by atoms with E-state index in [0.29, 0.717) is 21.9 Å². The number of amides is 1. The van der Waals surface area contributed by atoms with E-state index in [1.807, 2.05) is 0 Å². The number of benzene rings is 2. The van der Waals surface area contributed by atoms with Gasteiger partial charge >= 0.3 is 0 Å². The number of halogens is 1. The van der Waals surface area contributed by atoms with E-state index >= 15 is 0 Å². The smallest absolute Gasteiger partial charge is 0.265 e. The molecule has 2 aromatic carbocycles. The zero-order chi connectivity index (χ0) is 16.2. The molecule has 3 nitrogen and oxygen atoms in total. The van der Waals surface area contributed by atoms with Crippen LogP contribution in [0.15, 0.2) is 60.7 Å². The topological polar surface area (TPSA) is 38.3 Å². The Balaban J connectivity index is 1.80. The Bertz CT molecular complexity index is 844. The van der Waals surface area contributed by atoms with Gasteiger partial charge in [-0.15, -0.1) is 11.3 Å². The molecular formula is C18H14FNO2S. The predicted octanol–water partition coefficient (Wildman–Crippen LogP) is 4.82. The number of hydrogen-bond donors (Lipinski definition) is 1. The van der Waals surface area contributed by atoms with Crippen LogP contribution in [-0.2, 0) is 0 Å². The molecule has 0 saturated heterocycles. The number of carbonyl (C=O) groups excluding carboxylic acids is 1. The highest BCUT2D eigenvalue weighted by molar-refractivity contribution is 7.17. The van der Waals surface area contributed by atoms with E-state index in [0.717, 1.165) is 4.88 Å². The molecule has 0 saturated carbocycles. The maximum Gasteiger partial charge on any atom is 0.265 e. The Hall–Kier alpha value is -2.66. The van der Waals surface area contributed by atoms with E-state index < -0.39 is 0 Å². The quantitative estimate of drug-likeness (QED) is 0.746. The molecule has 0 radical (unpaired) electrons. The Morgan fingerprint density at radius 2 is 1.91 bits per heavy atom. The minimum atomic E-state index is -0.297. The molecule has 0 spiro atoms. The minimum absolute atomic E-state index is 0.231. The molecule has 1 amide bonds. The molecule has 0 bridgehead atoms. The highest BCUT2D eigenvalue weighted by atomic mass is 32.1. The average Bonchev–Trinajstić information content (AvgIpc) is 3.05. The Morgan fingerprint density at radius 1 is 1.09 bits per heavy atom. The number of methoxy groups -OCH3 is 1. The first-order valence-corrected chi connectivity index (χ1v) is 7.79. The fourth-order valence-corrected chi connectivity index (χ4v) is 3.09. The van der Waals surface area contributed by atoms with E-state index in [2.05, 4.69) is 5.32 Å². The third-order valence-electron chi connectivity index (χ3n) is 3.30. The number of carbonyl (C=O) groups is 1. The highest BCUT2D eigenvalue weighted by Crippen LogP contribution is 2.30. The number of anilines is 1. The summed E-state index contributed by atoms with van der Waals surface area (Å²) in [7, 11) is 1.57. The van der Waals surface area contributed by atoms with Gasteiger partial charge in [0.15, 0.2) is 0 Å². The summed E-state index contributed by atoms with van der Waals surface area (Å²) in [6, 6.07) is 17.1. The van der Waals surface area contributed by atoms with Crippen molar-refractivity contribution in [2.75, 3.05) is 12.4 Å². The first kappa shape index (κ1) is 15.2. The van der Waals surface area contributed by atoms with E-state index in [-0.39, 0.29) is 11.7 Å². The van der Waals surface area contributed by atoms with Crippen LogP contribution < -0.4 is 10.1 Å². The van der Waals surface area contributed by atoms with Crippen molar-refractivity contribution < 1.29 is 13.9 Å². The van der Waals surface area contributed by atoms with Crippen LogP contribution >= 0.6 is 11.3 Å². The third kappa shape index (κ3) is 3.40. The predicted molar refractivity (Wildman–Crippen MR) is 90.7 cm³/mol. The molecule has 0 fully saturated rings. The first-order chi connectivity index (χ1) is 11.2. The van der Waals surface area contributed by atoms with Gasteiger partial charge in [0.2, 0.25) is 0 Å². The molecule has 1 aromatic heterocycles. The van der Waals surface area contributed by atoms with Crippen molar-refractivity contribution in [3.63, 3.8) is 0 Å². The van der Waals surface area contributed by atoms with Crippen LogP contribution in [-0.4, -0.2) is 13.0 Å². The first-order valence-electron chi connectivity index (χ1n) is 6.97. The van der Waals surface area contributed by atoms with Gasteiger partial charge in [-0.2, -0.15) is 0 Å². The van der Waals surface area contributed by atoms with Crippen LogP contribution in [0.3, 0.4) is 0 Å². The lowest BCUT2D eigenvalue weighted by molar-refractivity contribution is 0.103. The van der Waals surface area contributed by atoms with Gasteiger partial charge in [-0.1, -0.05) is 24.3 Å². The zero-order valence-electron chi connectivity index (χ0n) is 12.4. The van der Waals surface area contributed by atoms with Gasteiger partial charge in [-0.25, -0.2) is 4.39 Å². The minimum Gasteiger partial charge on any atom is -0.497 e. The number of ether oxygens (including phenoxy) is 1. The molecule has 0 aliphatic rings. The average molecular weight is 327 g/mol. The van der Waals surface area contributed by atoms with Crippen molar-refractivity contribution in [1.82, 2.24) is 0 Å². The summed E-state index contributed by atoms with van der Waals surface area (Å²) in [6.45, 7) is 0. The molecule has 116 valence electrons. The molecule has 3 rings (SSSR count). The van der Waals surface area contributed by atoms with Crippen LogP contribution in [0.4, 0.5) is 10.1 Å². The lowest BCUT2D eigenvalue weighted by Crippen LogP contribution is -2.09. The third-order valence-corrected chi connectivity index (χ3v) is 4.41. The molecule has 1 heterocycles. The van der Waals surface area contributed by atoms with Gasteiger partial charge in [-0.3, -0.25) is 4.79 Å². The van der Waals surface area contributed by atoms with Crippen molar-refractivity contribution in [2.45, 2.75) is 0 Å². The summed E-state index contributed by atoms with van der Waals surface area (Å²) < 4.78 is 18.9.